The third-order valence-electron chi connectivity index (χ3n) is 2.86. The van der Waals surface area contributed by atoms with Gasteiger partial charge in [0.1, 0.15) is 10.7 Å². The lowest BCUT2D eigenvalue weighted by Crippen LogP contribution is -2.22. The molecule has 1 N–H and O–H groups in total. The first-order chi connectivity index (χ1) is 9.74. The molecule has 20 heavy (non-hydrogen) atoms. The van der Waals surface area contributed by atoms with Gasteiger partial charge in [-0.15, -0.1) is 11.3 Å². The van der Waals surface area contributed by atoms with Gasteiger partial charge in [0.2, 0.25) is 0 Å². The molecule has 3 heterocycles. The van der Waals surface area contributed by atoms with Crippen LogP contribution in [0.5, 0.6) is 0 Å². The smallest absolute Gasteiger partial charge is 0.156 e. The minimum Gasteiger partial charge on any atom is -0.309 e. The highest BCUT2D eigenvalue weighted by Crippen LogP contribution is 2.31. The van der Waals surface area contributed by atoms with E-state index in [9.17, 15) is 0 Å². The Morgan fingerprint density at radius 2 is 2.30 bits per heavy atom. The van der Waals surface area contributed by atoms with Crippen LogP contribution in [-0.4, -0.2) is 20.4 Å². The van der Waals surface area contributed by atoms with Crippen LogP contribution < -0.4 is 5.32 Å². The first-order valence-electron chi connectivity index (χ1n) is 6.50. The van der Waals surface area contributed by atoms with Gasteiger partial charge in [-0.1, -0.05) is 19.9 Å². The van der Waals surface area contributed by atoms with E-state index in [1.165, 1.54) is 5.69 Å². The molecule has 0 bridgehead atoms. The van der Waals surface area contributed by atoms with Crippen molar-refractivity contribution in [2.45, 2.75) is 35.8 Å². The summed E-state index contributed by atoms with van der Waals surface area (Å²) in [5.74, 6) is 0. The summed E-state index contributed by atoms with van der Waals surface area (Å²) in [6.45, 7) is 5.10. The zero-order chi connectivity index (χ0) is 13.9. The van der Waals surface area contributed by atoms with Gasteiger partial charge in [-0.25, -0.2) is 9.97 Å². The molecule has 0 spiro atoms. The van der Waals surface area contributed by atoms with Crippen LogP contribution in [0.15, 0.2) is 45.3 Å². The number of pyridine rings is 1. The molecule has 0 radical (unpaired) electrons. The van der Waals surface area contributed by atoms with Gasteiger partial charge in [-0.05, 0) is 23.9 Å². The summed E-state index contributed by atoms with van der Waals surface area (Å²) >= 11 is 3.28. The highest BCUT2D eigenvalue weighted by Gasteiger charge is 2.14. The van der Waals surface area contributed by atoms with Gasteiger partial charge in [0.15, 0.2) is 4.34 Å². The zero-order valence-electron chi connectivity index (χ0n) is 11.4. The van der Waals surface area contributed by atoms with Crippen molar-refractivity contribution in [3.63, 3.8) is 0 Å². The van der Waals surface area contributed by atoms with E-state index >= 15 is 0 Å². The molecule has 0 aromatic carbocycles. The van der Waals surface area contributed by atoms with Crippen molar-refractivity contribution < 1.29 is 0 Å². The SMILES string of the molecule is CC(C)NCc1c(Sc2nccs2)nc2ccccn12. The summed E-state index contributed by atoms with van der Waals surface area (Å²) in [4.78, 5) is 9.05. The summed E-state index contributed by atoms with van der Waals surface area (Å²) in [5, 5.41) is 6.49. The fourth-order valence-corrected chi connectivity index (χ4v) is 3.57. The Balaban J connectivity index is 1.98. The number of hydrogen-bond acceptors (Lipinski definition) is 5. The lowest BCUT2D eigenvalue weighted by atomic mass is 10.3. The molecule has 4 nitrogen and oxygen atoms in total. The number of nitrogens with one attached hydrogen (secondary N) is 1. The van der Waals surface area contributed by atoms with Gasteiger partial charge in [-0.2, -0.15) is 0 Å². The van der Waals surface area contributed by atoms with Crippen LogP contribution in [0, 0.1) is 0 Å². The molecule has 3 rings (SSSR count). The van der Waals surface area contributed by atoms with E-state index in [0.717, 1.165) is 21.6 Å². The van der Waals surface area contributed by atoms with Crippen molar-refractivity contribution in [2.75, 3.05) is 0 Å². The monoisotopic (exact) mass is 304 g/mol. The normalized spacial score (nSPS) is 11.6. The maximum atomic E-state index is 4.72. The van der Waals surface area contributed by atoms with E-state index < -0.39 is 0 Å². The van der Waals surface area contributed by atoms with Gasteiger partial charge >= 0.3 is 0 Å². The summed E-state index contributed by atoms with van der Waals surface area (Å²) in [6, 6.07) is 6.53. The van der Waals surface area contributed by atoms with Crippen LogP contribution in [0.3, 0.4) is 0 Å². The highest BCUT2D eigenvalue weighted by atomic mass is 32.2. The number of imidazole rings is 1. The number of fused-ring (bicyclic) bond motifs is 1. The maximum absolute atomic E-state index is 4.72. The predicted octanol–water partition coefficient (Wildman–Crippen LogP) is 3.44. The zero-order valence-corrected chi connectivity index (χ0v) is 13.0. The Kier molecular flexibility index (Phi) is 4.05. The Bertz CT molecular complexity index is 688. The van der Waals surface area contributed by atoms with Crippen molar-refractivity contribution >= 4 is 28.7 Å². The second-order valence-electron chi connectivity index (χ2n) is 4.73. The molecule has 0 atom stereocenters. The van der Waals surface area contributed by atoms with Crippen molar-refractivity contribution in [1.29, 1.82) is 0 Å². The van der Waals surface area contributed by atoms with Crippen LogP contribution in [0.1, 0.15) is 19.5 Å². The minimum absolute atomic E-state index is 0.446. The highest BCUT2D eigenvalue weighted by molar-refractivity contribution is 8.01. The molecule has 0 saturated heterocycles. The number of thiazole rings is 1. The fourth-order valence-electron chi connectivity index (χ4n) is 1.91. The minimum atomic E-state index is 0.446. The van der Waals surface area contributed by atoms with Gasteiger partial charge < -0.3 is 9.72 Å². The molecular weight excluding hydrogens is 288 g/mol. The quantitative estimate of drug-likeness (QED) is 0.784. The first-order valence-corrected chi connectivity index (χ1v) is 8.20. The maximum Gasteiger partial charge on any atom is 0.156 e. The van der Waals surface area contributed by atoms with E-state index in [4.69, 9.17) is 4.98 Å². The van der Waals surface area contributed by atoms with E-state index in [2.05, 4.69) is 34.7 Å². The average molecular weight is 304 g/mol. The van der Waals surface area contributed by atoms with Gasteiger partial charge in [0, 0.05) is 30.4 Å². The average Bonchev–Trinajstić information content (AvgIpc) is 3.04. The standard InChI is InChI=1S/C14H16N4S2/c1-10(2)16-9-11-13(20-14-15-6-8-19-14)17-12-5-3-4-7-18(11)12/h3-8,10,16H,9H2,1-2H3. The molecule has 0 aliphatic rings. The number of rotatable bonds is 5. The van der Waals surface area contributed by atoms with Crippen LogP contribution in [-0.2, 0) is 6.54 Å². The van der Waals surface area contributed by atoms with Crippen LogP contribution >= 0.6 is 23.1 Å². The second kappa shape index (κ2) is 5.95. The molecule has 3 aromatic rings. The van der Waals surface area contributed by atoms with Crippen molar-refractivity contribution in [3.05, 3.63) is 41.7 Å². The van der Waals surface area contributed by atoms with E-state index in [0.29, 0.717) is 6.04 Å². The van der Waals surface area contributed by atoms with Gasteiger partial charge in [0.25, 0.3) is 0 Å². The Labute approximate surface area is 126 Å². The molecule has 0 aliphatic carbocycles. The molecule has 0 aliphatic heterocycles. The molecule has 0 fully saturated rings. The molecule has 104 valence electrons. The largest absolute Gasteiger partial charge is 0.309 e. The van der Waals surface area contributed by atoms with Crippen LogP contribution in [0.25, 0.3) is 5.65 Å². The molecule has 3 aromatic heterocycles. The third kappa shape index (κ3) is 2.87. The van der Waals surface area contributed by atoms with Crippen LogP contribution in [0.4, 0.5) is 0 Å². The lowest BCUT2D eigenvalue weighted by Gasteiger charge is -2.09. The van der Waals surface area contributed by atoms with Crippen molar-refractivity contribution in [3.8, 4) is 0 Å². The molecule has 0 amide bonds. The molecule has 0 unspecified atom stereocenters. The first kappa shape index (κ1) is 13.6. The molecule has 6 heteroatoms. The predicted molar refractivity (Wildman–Crippen MR) is 83.4 cm³/mol. The number of aromatic nitrogens is 3. The van der Waals surface area contributed by atoms with E-state index in [-0.39, 0.29) is 0 Å². The van der Waals surface area contributed by atoms with E-state index in [1.807, 2.05) is 29.8 Å². The molecule has 0 saturated carbocycles. The van der Waals surface area contributed by atoms with E-state index in [1.54, 1.807) is 23.1 Å². The topological polar surface area (TPSA) is 42.2 Å². The Morgan fingerprint density at radius 1 is 1.40 bits per heavy atom. The Morgan fingerprint density at radius 3 is 3.05 bits per heavy atom. The van der Waals surface area contributed by atoms with Crippen molar-refractivity contribution in [1.82, 2.24) is 19.7 Å². The summed E-state index contributed by atoms with van der Waals surface area (Å²) < 4.78 is 3.17. The fraction of sp³-hybridized carbons (Fsp3) is 0.286. The van der Waals surface area contributed by atoms with Crippen LogP contribution in [0.2, 0.25) is 0 Å². The third-order valence-corrected chi connectivity index (χ3v) is 4.77. The second-order valence-corrected chi connectivity index (χ2v) is 6.86. The number of hydrogen-bond donors (Lipinski definition) is 1. The summed E-state index contributed by atoms with van der Waals surface area (Å²) in [7, 11) is 0. The number of nitrogens with zero attached hydrogens (tertiary/aromatic N) is 3. The lowest BCUT2D eigenvalue weighted by molar-refractivity contribution is 0.574. The van der Waals surface area contributed by atoms with Crippen molar-refractivity contribution in [2.24, 2.45) is 0 Å². The Hall–Kier alpha value is -1.37. The molecular formula is C14H16N4S2. The summed E-state index contributed by atoms with van der Waals surface area (Å²) in [5.41, 5.74) is 2.17. The van der Waals surface area contributed by atoms with Gasteiger partial charge in [-0.3, -0.25) is 0 Å². The summed E-state index contributed by atoms with van der Waals surface area (Å²) in [6.07, 6.45) is 3.89. The van der Waals surface area contributed by atoms with Gasteiger partial charge in [0.05, 0.1) is 5.69 Å².